The highest BCUT2D eigenvalue weighted by Crippen LogP contribution is 2.22. The molecule has 0 aromatic rings. The first-order valence-corrected chi connectivity index (χ1v) is 7.11. The molecule has 1 aliphatic rings. The van der Waals surface area contributed by atoms with Gasteiger partial charge in [-0.25, -0.2) is 4.79 Å². The van der Waals surface area contributed by atoms with Gasteiger partial charge in [-0.3, -0.25) is 4.79 Å². The van der Waals surface area contributed by atoms with Crippen molar-refractivity contribution in [3.63, 3.8) is 0 Å². The molecule has 1 aliphatic heterocycles. The minimum Gasteiger partial charge on any atom is -0.481 e. The Balaban J connectivity index is 2.13. The van der Waals surface area contributed by atoms with Crippen molar-refractivity contribution in [1.82, 2.24) is 10.6 Å². The summed E-state index contributed by atoms with van der Waals surface area (Å²) in [7, 11) is 0. The van der Waals surface area contributed by atoms with Crippen LogP contribution < -0.4 is 10.6 Å². The second kappa shape index (κ2) is 7.42. The highest BCUT2D eigenvalue weighted by Gasteiger charge is 2.18. The highest BCUT2D eigenvalue weighted by atomic mass is 32.2. The van der Waals surface area contributed by atoms with Gasteiger partial charge in [-0.05, 0) is 30.3 Å². The average Bonchev–Trinajstić information content (AvgIpc) is 2.79. The molecule has 1 heterocycles. The van der Waals surface area contributed by atoms with Gasteiger partial charge >= 0.3 is 12.0 Å². The molecule has 0 aromatic heterocycles. The van der Waals surface area contributed by atoms with Crippen molar-refractivity contribution in [3.8, 4) is 0 Å². The van der Waals surface area contributed by atoms with Gasteiger partial charge in [-0.15, -0.1) is 0 Å². The summed E-state index contributed by atoms with van der Waals surface area (Å²) < 4.78 is 0. The molecule has 5 nitrogen and oxygen atoms in total. The van der Waals surface area contributed by atoms with E-state index in [0.29, 0.717) is 18.9 Å². The lowest BCUT2D eigenvalue weighted by atomic mass is 10.1. The summed E-state index contributed by atoms with van der Waals surface area (Å²) in [6.07, 6.45) is 1.67. The van der Waals surface area contributed by atoms with Gasteiger partial charge in [0.25, 0.3) is 0 Å². The Morgan fingerprint density at radius 1 is 1.47 bits per heavy atom. The van der Waals surface area contributed by atoms with E-state index in [9.17, 15) is 9.59 Å². The van der Waals surface area contributed by atoms with Gasteiger partial charge in [-0.1, -0.05) is 6.92 Å². The summed E-state index contributed by atoms with van der Waals surface area (Å²) in [4.78, 5) is 22.2. The van der Waals surface area contributed by atoms with Crippen LogP contribution in [0.1, 0.15) is 19.8 Å². The lowest BCUT2D eigenvalue weighted by molar-refractivity contribution is -0.141. The number of nitrogens with one attached hydrogen (secondary N) is 2. The molecule has 2 unspecified atom stereocenters. The van der Waals surface area contributed by atoms with Gasteiger partial charge in [0, 0.05) is 13.1 Å². The molecule has 2 atom stereocenters. The van der Waals surface area contributed by atoms with Crippen molar-refractivity contribution in [2.24, 2.45) is 11.8 Å². The van der Waals surface area contributed by atoms with E-state index in [1.165, 1.54) is 5.75 Å². The zero-order chi connectivity index (χ0) is 12.7. The van der Waals surface area contributed by atoms with Crippen LogP contribution in [0.5, 0.6) is 0 Å². The number of hydrogen-bond acceptors (Lipinski definition) is 3. The van der Waals surface area contributed by atoms with E-state index in [4.69, 9.17) is 5.11 Å². The molecule has 0 aliphatic carbocycles. The van der Waals surface area contributed by atoms with E-state index in [2.05, 4.69) is 10.6 Å². The summed E-state index contributed by atoms with van der Waals surface area (Å²) in [6, 6.07) is -0.262. The topological polar surface area (TPSA) is 78.4 Å². The van der Waals surface area contributed by atoms with E-state index in [1.54, 1.807) is 6.92 Å². The summed E-state index contributed by atoms with van der Waals surface area (Å²) in [6.45, 7) is 2.67. The van der Waals surface area contributed by atoms with E-state index >= 15 is 0 Å². The molecule has 0 spiro atoms. The van der Waals surface area contributed by atoms with E-state index in [1.807, 2.05) is 11.8 Å². The van der Waals surface area contributed by atoms with Crippen molar-refractivity contribution < 1.29 is 14.7 Å². The van der Waals surface area contributed by atoms with Crippen LogP contribution in [-0.2, 0) is 4.79 Å². The van der Waals surface area contributed by atoms with Crippen LogP contribution >= 0.6 is 11.8 Å². The number of urea groups is 1. The number of carboxylic acid groups (broad SMARTS) is 1. The van der Waals surface area contributed by atoms with Crippen molar-refractivity contribution in [2.75, 3.05) is 24.6 Å². The first-order chi connectivity index (χ1) is 8.13. The third-order valence-electron chi connectivity index (χ3n) is 2.93. The van der Waals surface area contributed by atoms with E-state index in [0.717, 1.165) is 12.2 Å². The normalized spacial score (nSPS) is 20.9. The zero-order valence-corrected chi connectivity index (χ0v) is 10.9. The van der Waals surface area contributed by atoms with Gasteiger partial charge in [0.1, 0.15) is 0 Å². The lowest BCUT2D eigenvalue weighted by Crippen LogP contribution is -2.41. The zero-order valence-electron chi connectivity index (χ0n) is 10.1. The molecular formula is C11H20N2O3S. The third kappa shape index (κ3) is 5.30. The Bertz CT molecular complexity index is 267. The first kappa shape index (κ1) is 14.2. The van der Waals surface area contributed by atoms with Crippen LogP contribution in [0.15, 0.2) is 0 Å². The first-order valence-electron chi connectivity index (χ1n) is 5.95. The molecule has 17 heavy (non-hydrogen) atoms. The summed E-state index contributed by atoms with van der Waals surface area (Å²) in [5, 5.41) is 14.2. The van der Waals surface area contributed by atoms with Gasteiger partial charge < -0.3 is 15.7 Å². The third-order valence-corrected chi connectivity index (χ3v) is 4.16. The maximum atomic E-state index is 11.4. The number of thioether (sulfide) groups is 1. The average molecular weight is 260 g/mol. The van der Waals surface area contributed by atoms with Crippen LogP contribution in [0, 0.1) is 11.8 Å². The Labute approximate surface area is 106 Å². The molecule has 3 N–H and O–H groups in total. The Morgan fingerprint density at radius 2 is 2.24 bits per heavy atom. The molecule has 0 aromatic carbocycles. The summed E-state index contributed by atoms with van der Waals surface area (Å²) >= 11 is 1.91. The number of rotatable bonds is 6. The van der Waals surface area contributed by atoms with Gasteiger partial charge in [-0.2, -0.15) is 11.8 Å². The van der Waals surface area contributed by atoms with Gasteiger partial charge in [0.05, 0.1) is 5.92 Å². The van der Waals surface area contributed by atoms with Crippen LogP contribution in [0.2, 0.25) is 0 Å². The quantitative estimate of drug-likeness (QED) is 0.669. The molecule has 98 valence electrons. The number of carbonyl (C=O) groups is 2. The Hall–Kier alpha value is -0.910. The predicted octanol–water partition coefficient (Wildman–Crippen LogP) is 1.15. The summed E-state index contributed by atoms with van der Waals surface area (Å²) in [5.74, 6) is 1.48. The van der Waals surface area contributed by atoms with Crippen LogP contribution in [-0.4, -0.2) is 41.7 Å². The fraction of sp³-hybridized carbons (Fsp3) is 0.818. The van der Waals surface area contributed by atoms with Crippen molar-refractivity contribution in [2.45, 2.75) is 19.8 Å². The van der Waals surface area contributed by atoms with Gasteiger partial charge in [0.2, 0.25) is 0 Å². The second-order valence-electron chi connectivity index (χ2n) is 4.26. The maximum absolute atomic E-state index is 11.4. The molecule has 1 saturated heterocycles. The maximum Gasteiger partial charge on any atom is 0.314 e. The minimum absolute atomic E-state index is 0.192. The molecule has 0 radical (unpaired) electrons. The molecule has 1 rings (SSSR count). The van der Waals surface area contributed by atoms with Crippen molar-refractivity contribution in [1.29, 1.82) is 0 Å². The summed E-state index contributed by atoms with van der Waals surface area (Å²) in [5.41, 5.74) is 0. The van der Waals surface area contributed by atoms with Crippen molar-refractivity contribution >= 4 is 23.8 Å². The molecule has 0 saturated carbocycles. The number of aliphatic carboxylic acids is 1. The lowest BCUT2D eigenvalue weighted by Gasteiger charge is -2.13. The fourth-order valence-electron chi connectivity index (χ4n) is 1.67. The smallest absolute Gasteiger partial charge is 0.314 e. The number of hydrogen-bond donors (Lipinski definition) is 3. The fourth-order valence-corrected chi connectivity index (χ4v) is 2.95. The van der Waals surface area contributed by atoms with E-state index < -0.39 is 11.9 Å². The Kier molecular flexibility index (Phi) is 6.18. The van der Waals surface area contributed by atoms with Gasteiger partial charge in [0.15, 0.2) is 0 Å². The molecule has 1 fully saturated rings. The molecule has 6 heteroatoms. The molecular weight excluding hydrogens is 240 g/mol. The number of carboxylic acids is 1. The standard InChI is InChI=1S/C11H20N2O3S/c1-2-9(10(14)15)6-13-11(16)12-5-8-3-4-17-7-8/h8-9H,2-7H2,1H3,(H,14,15)(H2,12,13,16). The number of amides is 2. The highest BCUT2D eigenvalue weighted by molar-refractivity contribution is 7.99. The second-order valence-corrected chi connectivity index (χ2v) is 5.41. The van der Waals surface area contributed by atoms with Crippen LogP contribution in [0.3, 0.4) is 0 Å². The van der Waals surface area contributed by atoms with Crippen molar-refractivity contribution in [3.05, 3.63) is 0 Å². The van der Waals surface area contributed by atoms with E-state index in [-0.39, 0.29) is 12.6 Å². The predicted molar refractivity (Wildman–Crippen MR) is 68.3 cm³/mol. The number of carbonyl (C=O) groups excluding carboxylic acids is 1. The van der Waals surface area contributed by atoms with Crippen LogP contribution in [0.4, 0.5) is 4.79 Å². The Morgan fingerprint density at radius 3 is 2.76 bits per heavy atom. The monoisotopic (exact) mass is 260 g/mol. The SMILES string of the molecule is CCC(CNC(=O)NCC1CCSC1)C(=O)O. The minimum atomic E-state index is -0.861. The largest absolute Gasteiger partial charge is 0.481 e. The van der Waals surface area contributed by atoms with Crippen LogP contribution in [0.25, 0.3) is 0 Å². The molecule has 0 bridgehead atoms. The molecule has 2 amide bonds.